The van der Waals surface area contributed by atoms with Gasteiger partial charge in [-0.15, -0.1) is 10.2 Å². The van der Waals surface area contributed by atoms with Gasteiger partial charge in [-0.2, -0.15) is 0 Å². The van der Waals surface area contributed by atoms with Gasteiger partial charge in [0.1, 0.15) is 5.69 Å². The highest BCUT2D eigenvalue weighted by atomic mass is 32.2. The Bertz CT molecular complexity index is 1060. The molecule has 0 saturated heterocycles. The Morgan fingerprint density at radius 3 is 2.32 bits per heavy atom. The summed E-state index contributed by atoms with van der Waals surface area (Å²) in [6.07, 6.45) is 1.61. The van der Waals surface area contributed by atoms with E-state index in [9.17, 15) is 13.2 Å². The van der Waals surface area contributed by atoms with Gasteiger partial charge < -0.3 is 5.32 Å². The van der Waals surface area contributed by atoms with Crippen LogP contribution in [0.5, 0.6) is 0 Å². The maximum atomic E-state index is 12.3. The predicted molar refractivity (Wildman–Crippen MR) is 107 cm³/mol. The van der Waals surface area contributed by atoms with Crippen LogP contribution in [0.25, 0.3) is 11.3 Å². The highest BCUT2D eigenvalue weighted by molar-refractivity contribution is 8.00. The number of thioether (sulfide) groups is 1. The largest absolute Gasteiger partial charge is 0.325 e. The van der Waals surface area contributed by atoms with E-state index in [0.717, 1.165) is 5.56 Å². The average Bonchev–Trinajstić information content (AvgIpc) is 2.69. The Kier molecular flexibility index (Phi) is 6.02. The molecule has 0 saturated carbocycles. The van der Waals surface area contributed by atoms with Crippen molar-refractivity contribution in [2.24, 2.45) is 5.14 Å². The zero-order valence-corrected chi connectivity index (χ0v) is 16.4. The van der Waals surface area contributed by atoms with Crippen molar-refractivity contribution in [2.75, 3.05) is 5.32 Å². The number of rotatable bonds is 6. The molecule has 2 aromatic carbocycles. The molecule has 0 aliphatic heterocycles. The molecule has 0 aliphatic carbocycles. The van der Waals surface area contributed by atoms with E-state index in [0.29, 0.717) is 16.5 Å². The van der Waals surface area contributed by atoms with Crippen LogP contribution in [-0.4, -0.2) is 34.8 Å². The summed E-state index contributed by atoms with van der Waals surface area (Å²) in [6.45, 7) is 1.72. The van der Waals surface area contributed by atoms with Crippen LogP contribution in [0.1, 0.15) is 6.92 Å². The van der Waals surface area contributed by atoms with E-state index >= 15 is 0 Å². The van der Waals surface area contributed by atoms with Gasteiger partial charge in [-0.05, 0) is 31.2 Å². The lowest BCUT2D eigenvalue weighted by molar-refractivity contribution is -0.115. The number of primary sulfonamides is 1. The normalized spacial score (nSPS) is 12.4. The lowest BCUT2D eigenvalue weighted by Crippen LogP contribution is -2.22. The fourth-order valence-corrected chi connectivity index (χ4v) is 3.44. The molecule has 1 unspecified atom stereocenters. The van der Waals surface area contributed by atoms with E-state index in [4.69, 9.17) is 5.14 Å². The Balaban J connectivity index is 1.61. The number of nitrogens with one attached hydrogen (secondary N) is 1. The number of carbonyl (C=O) groups excluding carboxylic acids is 1. The number of nitrogens with two attached hydrogens (primary N) is 1. The fourth-order valence-electron chi connectivity index (χ4n) is 2.24. The molecule has 0 radical (unpaired) electrons. The van der Waals surface area contributed by atoms with Crippen molar-refractivity contribution in [1.29, 1.82) is 0 Å². The molecule has 0 spiro atoms. The molecule has 3 N–H and O–H groups in total. The summed E-state index contributed by atoms with van der Waals surface area (Å²) in [5, 5.41) is 15.9. The summed E-state index contributed by atoms with van der Waals surface area (Å²) >= 11 is 1.17. The lowest BCUT2D eigenvalue weighted by Gasteiger charge is -2.11. The van der Waals surface area contributed by atoms with Crippen LogP contribution in [0.3, 0.4) is 0 Å². The molecular weight excluding hydrogens is 398 g/mol. The molecule has 1 heterocycles. The van der Waals surface area contributed by atoms with E-state index < -0.39 is 15.3 Å². The van der Waals surface area contributed by atoms with Crippen molar-refractivity contribution in [3.05, 3.63) is 60.8 Å². The lowest BCUT2D eigenvalue weighted by atomic mass is 10.2. The van der Waals surface area contributed by atoms with Gasteiger partial charge >= 0.3 is 0 Å². The van der Waals surface area contributed by atoms with Crippen molar-refractivity contribution in [2.45, 2.75) is 22.2 Å². The molecule has 3 rings (SSSR count). The van der Waals surface area contributed by atoms with Gasteiger partial charge in [-0.25, -0.2) is 18.5 Å². The van der Waals surface area contributed by atoms with E-state index in [2.05, 4.69) is 20.5 Å². The number of benzene rings is 2. The van der Waals surface area contributed by atoms with Gasteiger partial charge in [0.15, 0.2) is 0 Å². The Labute approximate surface area is 166 Å². The second kappa shape index (κ2) is 8.46. The third-order valence-corrected chi connectivity index (χ3v) is 5.61. The van der Waals surface area contributed by atoms with Crippen LogP contribution in [-0.2, 0) is 14.8 Å². The minimum Gasteiger partial charge on any atom is -0.325 e. The number of hydrogen-bond donors (Lipinski definition) is 2. The van der Waals surface area contributed by atoms with E-state index in [1.165, 1.54) is 36.0 Å². The summed E-state index contributed by atoms with van der Waals surface area (Å²) < 4.78 is 22.5. The molecular formula is C18H17N5O3S2. The molecule has 1 amide bonds. The van der Waals surface area contributed by atoms with E-state index in [-0.39, 0.29) is 10.8 Å². The van der Waals surface area contributed by atoms with Gasteiger partial charge in [0, 0.05) is 11.3 Å². The SMILES string of the molecule is CC(Sc1ncc(-c2ccccc2)nn1)C(=O)Nc1ccc(S(N)(=O)=O)cc1. The van der Waals surface area contributed by atoms with Crippen LogP contribution in [0, 0.1) is 0 Å². The van der Waals surface area contributed by atoms with Crippen molar-refractivity contribution >= 4 is 33.4 Å². The number of carbonyl (C=O) groups is 1. The van der Waals surface area contributed by atoms with Gasteiger partial charge in [-0.1, -0.05) is 42.1 Å². The minimum absolute atomic E-state index is 0.0223. The molecule has 8 nitrogen and oxygen atoms in total. The number of aromatic nitrogens is 3. The number of nitrogens with zero attached hydrogens (tertiary/aromatic N) is 3. The molecule has 10 heteroatoms. The average molecular weight is 416 g/mol. The first-order chi connectivity index (χ1) is 13.3. The first-order valence-corrected chi connectivity index (χ1v) is 10.6. The highest BCUT2D eigenvalue weighted by Crippen LogP contribution is 2.22. The summed E-state index contributed by atoms with van der Waals surface area (Å²) in [5.41, 5.74) is 2.02. The second-order valence-corrected chi connectivity index (χ2v) is 8.68. The number of hydrogen-bond acceptors (Lipinski definition) is 7. The zero-order chi connectivity index (χ0) is 20.1. The molecule has 3 aromatic rings. The van der Waals surface area contributed by atoms with Crippen molar-refractivity contribution < 1.29 is 13.2 Å². The topological polar surface area (TPSA) is 128 Å². The van der Waals surface area contributed by atoms with Crippen molar-refractivity contribution in [3.8, 4) is 11.3 Å². The quantitative estimate of drug-likeness (QED) is 0.591. The summed E-state index contributed by atoms with van der Waals surface area (Å²) in [6, 6.07) is 15.2. The first-order valence-electron chi connectivity index (χ1n) is 8.18. The monoisotopic (exact) mass is 415 g/mol. The van der Waals surface area contributed by atoms with Crippen LogP contribution in [0.2, 0.25) is 0 Å². The number of sulfonamides is 1. The third kappa shape index (κ3) is 5.12. The van der Waals surface area contributed by atoms with Crippen LogP contribution in [0.15, 0.2) is 70.8 Å². The van der Waals surface area contributed by atoms with E-state index in [1.54, 1.807) is 13.1 Å². The maximum Gasteiger partial charge on any atom is 0.238 e. The summed E-state index contributed by atoms with van der Waals surface area (Å²) in [4.78, 5) is 16.6. The third-order valence-electron chi connectivity index (χ3n) is 3.71. The standard InChI is InChI=1S/C18H17N5O3S2/c1-12(17(24)21-14-7-9-15(10-8-14)28(19,25)26)27-18-20-11-16(22-23-18)13-5-3-2-4-6-13/h2-12H,1H3,(H,21,24)(H2,19,25,26). The van der Waals surface area contributed by atoms with Crippen molar-refractivity contribution in [3.63, 3.8) is 0 Å². The molecule has 1 aromatic heterocycles. The molecule has 0 aliphatic rings. The fraction of sp³-hybridized carbons (Fsp3) is 0.111. The minimum atomic E-state index is -3.77. The smallest absolute Gasteiger partial charge is 0.238 e. The highest BCUT2D eigenvalue weighted by Gasteiger charge is 2.17. The predicted octanol–water partition coefficient (Wildman–Crippen LogP) is 2.31. The van der Waals surface area contributed by atoms with Gasteiger partial charge in [-0.3, -0.25) is 4.79 Å². The summed E-state index contributed by atoms with van der Waals surface area (Å²) in [7, 11) is -3.77. The van der Waals surface area contributed by atoms with Gasteiger partial charge in [0.25, 0.3) is 0 Å². The van der Waals surface area contributed by atoms with Gasteiger partial charge in [0.2, 0.25) is 21.1 Å². The number of amides is 1. The van der Waals surface area contributed by atoms with Crippen LogP contribution < -0.4 is 10.5 Å². The van der Waals surface area contributed by atoms with Crippen LogP contribution in [0.4, 0.5) is 5.69 Å². The molecule has 28 heavy (non-hydrogen) atoms. The van der Waals surface area contributed by atoms with E-state index in [1.807, 2.05) is 30.3 Å². The first kappa shape index (κ1) is 19.9. The maximum absolute atomic E-state index is 12.3. The van der Waals surface area contributed by atoms with Crippen molar-refractivity contribution in [1.82, 2.24) is 15.2 Å². The second-order valence-electron chi connectivity index (χ2n) is 5.81. The number of anilines is 1. The Morgan fingerprint density at radius 1 is 1.07 bits per heavy atom. The Morgan fingerprint density at radius 2 is 1.75 bits per heavy atom. The van der Waals surface area contributed by atoms with Crippen LogP contribution >= 0.6 is 11.8 Å². The molecule has 0 fully saturated rings. The molecule has 144 valence electrons. The molecule has 0 bridgehead atoms. The summed E-state index contributed by atoms with van der Waals surface area (Å²) in [5.74, 6) is -0.274. The zero-order valence-electron chi connectivity index (χ0n) is 14.8. The Hall–Kier alpha value is -2.82. The van der Waals surface area contributed by atoms with Gasteiger partial charge in [0.05, 0.1) is 16.3 Å². The molecule has 1 atom stereocenters.